The van der Waals surface area contributed by atoms with E-state index in [-0.39, 0.29) is 10.7 Å². The van der Waals surface area contributed by atoms with Crippen LogP contribution in [0.1, 0.15) is 29.6 Å². The standard InChI is InChI=1S/C17H25N3O3S/c1-19-8-14(7-18-19)16(21)20-11-17(12-20)6-15(10-24-17)23-9-13-2-4-22-5-3-13/h7-8,13,15H,2-6,9-12H2,1H3. The van der Waals surface area contributed by atoms with Crippen molar-refractivity contribution in [3.63, 3.8) is 0 Å². The number of amides is 1. The molecule has 0 bridgehead atoms. The summed E-state index contributed by atoms with van der Waals surface area (Å²) in [7, 11) is 1.83. The van der Waals surface area contributed by atoms with Crippen molar-refractivity contribution >= 4 is 17.7 Å². The van der Waals surface area contributed by atoms with Gasteiger partial charge in [0.05, 0.1) is 22.6 Å². The average Bonchev–Trinajstić information content (AvgIpc) is 3.18. The third kappa shape index (κ3) is 3.34. The Kier molecular flexibility index (Phi) is 4.58. The Morgan fingerprint density at radius 3 is 2.96 bits per heavy atom. The summed E-state index contributed by atoms with van der Waals surface area (Å²) in [4.78, 5) is 14.3. The van der Waals surface area contributed by atoms with Gasteiger partial charge in [0.15, 0.2) is 0 Å². The predicted octanol–water partition coefficient (Wildman–Crippen LogP) is 1.56. The van der Waals surface area contributed by atoms with Gasteiger partial charge in [-0.25, -0.2) is 0 Å². The lowest BCUT2D eigenvalue weighted by molar-refractivity contribution is -0.0118. The zero-order chi connectivity index (χ0) is 16.6. The van der Waals surface area contributed by atoms with Crippen LogP contribution >= 0.6 is 11.8 Å². The number of carbonyl (C=O) groups is 1. The van der Waals surface area contributed by atoms with Gasteiger partial charge in [0.25, 0.3) is 5.91 Å². The molecule has 0 saturated carbocycles. The second-order valence-corrected chi connectivity index (χ2v) is 8.76. The van der Waals surface area contributed by atoms with Crippen LogP contribution in [0.15, 0.2) is 12.4 Å². The van der Waals surface area contributed by atoms with Crippen molar-refractivity contribution in [1.29, 1.82) is 0 Å². The molecule has 3 aliphatic rings. The molecule has 1 unspecified atom stereocenters. The average molecular weight is 351 g/mol. The third-order valence-corrected chi connectivity index (χ3v) is 6.86. The van der Waals surface area contributed by atoms with Crippen molar-refractivity contribution in [3.05, 3.63) is 18.0 Å². The number of likely N-dealkylation sites (tertiary alicyclic amines) is 1. The molecule has 3 aliphatic heterocycles. The van der Waals surface area contributed by atoms with Crippen molar-refractivity contribution in [1.82, 2.24) is 14.7 Å². The van der Waals surface area contributed by atoms with E-state index >= 15 is 0 Å². The number of rotatable bonds is 4. The smallest absolute Gasteiger partial charge is 0.257 e. The second kappa shape index (κ2) is 6.69. The van der Waals surface area contributed by atoms with E-state index in [0.29, 0.717) is 17.6 Å². The van der Waals surface area contributed by atoms with Crippen molar-refractivity contribution in [2.24, 2.45) is 13.0 Å². The summed E-state index contributed by atoms with van der Waals surface area (Å²) in [5, 5.41) is 4.08. The maximum atomic E-state index is 12.4. The molecule has 0 aromatic carbocycles. The van der Waals surface area contributed by atoms with Gasteiger partial charge < -0.3 is 14.4 Å². The third-order valence-electron chi connectivity index (χ3n) is 5.28. The second-order valence-electron chi connectivity index (χ2n) is 7.27. The lowest BCUT2D eigenvalue weighted by Crippen LogP contribution is -2.60. The van der Waals surface area contributed by atoms with Gasteiger partial charge in [-0.3, -0.25) is 9.48 Å². The Balaban J connectivity index is 1.23. The summed E-state index contributed by atoms with van der Waals surface area (Å²) in [5.41, 5.74) is 0.683. The molecule has 6 nitrogen and oxygen atoms in total. The molecule has 24 heavy (non-hydrogen) atoms. The summed E-state index contributed by atoms with van der Waals surface area (Å²) in [6.45, 7) is 4.29. The number of aromatic nitrogens is 2. The fourth-order valence-electron chi connectivity index (χ4n) is 3.82. The van der Waals surface area contributed by atoms with Gasteiger partial charge in [0, 0.05) is 51.9 Å². The number of ether oxygens (including phenoxy) is 2. The van der Waals surface area contributed by atoms with E-state index in [0.717, 1.165) is 57.9 Å². The zero-order valence-corrected chi connectivity index (χ0v) is 15.0. The Morgan fingerprint density at radius 2 is 2.25 bits per heavy atom. The summed E-state index contributed by atoms with van der Waals surface area (Å²) in [6, 6.07) is 0. The van der Waals surface area contributed by atoms with Gasteiger partial charge in [-0.1, -0.05) is 0 Å². The van der Waals surface area contributed by atoms with Gasteiger partial charge >= 0.3 is 0 Å². The molecule has 3 saturated heterocycles. The van der Waals surface area contributed by atoms with Crippen LogP contribution in [-0.4, -0.2) is 70.1 Å². The van der Waals surface area contributed by atoms with Crippen molar-refractivity contribution < 1.29 is 14.3 Å². The molecule has 4 rings (SSSR count). The van der Waals surface area contributed by atoms with Crippen molar-refractivity contribution in [2.75, 3.05) is 38.7 Å². The van der Waals surface area contributed by atoms with Crippen LogP contribution in [0, 0.1) is 5.92 Å². The first-order valence-corrected chi connectivity index (χ1v) is 9.73. The molecule has 4 heterocycles. The predicted molar refractivity (Wildman–Crippen MR) is 92.2 cm³/mol. The number of nitrogens with zero attached hydrogens (tertiary/aromatic N) is 3. The Morgan fingerprint density at radius 1 is 1.46 bits per heavy atom. The van der Waals surface area contributed by atoms with Gasteiger partial charge in [-0.05, 0) is 25.2 Å². The summed E-state index contributed by atoms with van der Waals surface area (Å²) in [6.07, 6.45) is 7.09. The van der Waals surface area contributed by atoms with Gasteiger partial charge in [0.1, 0.15) is 0 Å². The number of hydrogen-bond acceptors (Lipinski definition) is 5. The highest BCUT2D eigenvalue weighted by atomic mass is 32.2. The molecular weight excluding hydrogens is 326 g/mol. The molecule has 0 radical (unpaired) electrons. The molecule has 132 valence electrons. The van der Waals surface area contributed by atoms with Gasteiger partial charge in [-0.15, -0.1) is 11.8 Å². The van der Waals surface area contributed by atoms with Crippen molar-refractivity contribution in [3.8, 4) is 0 Å². The maximum Gasteiger partial charge on any atom is 0.257 e. The maximum absolute atomic E-state index is 12.4. The molecular formula is C17H25N3O3S. The minimum absolute atomic E-state index is 0.0981. The summed E-state index contributed by atoms with van der Waals surface area (Å²) >= 11 is 1.98. The normalized spacial score (nSPS) is 26.7. The van der Waals surface area contributed by atoms with Gasteiger partial charge in [0.2, 0.25) is 0 Å². The Hall–Kier alpha value is -1.05. The molecule has 1 atom stereocenters. The van der Waals surface area contributed by atoms with Crippen LogP contribution in [0.2, 0.25) is 0 Å². The van der Waals surface area contributed by atoms with E-state index < -0.39 is 0 Å². The minimum atomic E-state index is 0.0981. The topological polar surface area (TPSA) is 56.6 Å². The van der Waals surface area contributed by atoms with E-state index in [1.807, 2.05) is 23.7 Å². The molecule has 0 N–H and O–H groups in total. The molecule has 1 spiro atoms. The van der Waals surface area contributed by atoms with E-state index in [4.69, 9.17) is 9.47 Å². The number of carbonyl (C=O) groups excluding carboxylic acids is 1. The molecule has 7 heteroatoms. The Labute approximate surface area is 146 Å². The van der Waals surface area contributed by atoms with E-state index in [2.05, 4.69) is 5.10 Å². The highest BCUT2D eigenvalue weighted by Crippen LogP contribution is 2.46. The first-order valence-electron chi connectivity index (χ1n) is 8.75. The lowest BCUT2D eigenvalue weighted by Gasteiger charge is -2.47. The quantitative estimate of drug-likeness (QED) is 0.824. The molecule has 1 amide bonds. The van der Waals surface area contributed by atoms with Crippen LogP contribution < -0.4 is 0 Å². The van der Waals surface area contributed by atoms with Crippen molar-refractivity contribution in [2.45, 2.75) is 30.1 Å². The molecule has 1 aromatic heterocycles. The monoisotopic (exact) mass is 351 g/mol. The van der Waals surface area contributed by atoms with Crippen LogP contribution in [0.5, 0.6) is 0 Å². The molecule has 1 aromatic rings. The van der Waals surface area contributed by atoms with Crippen LogP contribution in [0.4, 0.5) is 0 Å². The van der Waals surface area contributed by atoms with E-state index in [1.165, 1.54) is 0 Å². The lowest BCUT2D eigenvalue weighted by atomic mass is 9.92. The number of aryl methyl sites for hydroxylation is 1. The SMILES string of the molecule is Cn1cc(C(=O)N2CC3(CC(OCC4CCOCC4)CS3)C2)cn1. The number of thioether (sulfide) groups is 1. The first kappa shape index (κ1) is 16.4. The minimum Gasteiger partial charge on any atom is -0.381 e. The van der Waals surface area contributed by atoms with Crippen LogP contribution in [0.3, 0.4) is 0 Å². The highest BCUT2D eigenvalue weighted by molar-refractivity contribution is 8.01. The van der Waals surface area contributed by atoms with Crippen LogP contribution in [-0.2, 0) is 16.5 Å². The first-order chi connectivity index (χ1) is 11.6. The fourth-order valence-corrected chi connectivity index (χ4v) is 5.37. The zero-order valence-electron chi connectivity index (χ0n) is 14.1. The largest absolute Gasteiger partial charge is 0.381 e. The number of hydrogen-bond donors (Lipinski definition) is 0. The van der Waals surface area contributed by atoms with E-state index in [1.54, 1.807) is 17.1 Å². The summed E-state index contributed by atoms with van der Waals surface area (Å²) in [5.74, 6) is 1.81. The molecule has 3 fully saturated rings. The summed E-state index contributed by atoms with van der Waals surface area (Å²) < 4.78 is 13.5. The highest BCUT2D eigenvalue weighted by Gasteiger charge is 2.51. The molecule has 0 aliphatic carbocycles. The van der Waals surface area contributed by atoms with Gasteiger partial charge in [-0.2, -0.15) is 5.10 Å². The van der Waals surface area contributed by atoms with E-state index in [9.17, 15) is 4.79 Å². The Bertz CT molecular complexity index is 594. The van der Waals surface area contributed by atoms with Crippen LogP contribution in [0.25, 0.3) is 0 Å². The fraction of sp³-hybridized carbons (Fsp3) is 0.765.